The van der Waals surface area contributed by atoms with Crippen LogP contribution in [0, 0.1) is 10.1 Å². The van der Waals surface area contributed by atoms with Crippen LogP contribution >= 0.6 is 0 Å². The van der Waals surface area contributed by atoms with Crippen LogP contribution in [0.25, 0.3) is 0 Å². The van der Waals surface area contributed by atoms with Gasteiger partial charge in [-0.3, -0.25) is 10.1 Å². The predicted octanol–water partition coefficient (Wildman–Crippen LogP) is 1.61. The SMILES string of the molecule is CCc1ccc([C-]=O)cc1[N+](=O)[O-].[W]. The standard InChI is InChI=1S/C9H8NO3.W/c1-2-8-4-3-7(6-11)5-9(8)10(12)13;/h3-5H,2H2,1H3;/q-1;. The van der Waals surface area contributed by atoms with Gasteiger partial charge in [-0.1, -0.05) is 13.0 Å². The summed E-state index contributed by atoms with van der Waals surface area (Å²) >= 11 is 0. The first kappa shape index (κ1) is 13.0. The van der Waals surface area contributed by atoms with Crippen molar-refractivity contribution in [1.29, 1.82) is 0 Å². The minimum Gasteiger partial charge on any atom is -0.376 e. The maximum atomic E-state index is 10.5. The summed E-state index contributed by atoms with van der Waals surface area (Å²) in [6.45, 7) is 1.83. The van der Waals surface area contributed by atoms with Gasteiger partial charge in [0.1, 0.15) is 0 Å². The fourth-order valence-corrected chi connectivity index (χ4v) is 1.10. The fourth-order valence-electron chi connectivity index (χ4n) is 1.10. The molecule has 5 heteroatoms. The zero-order chi connectivity index (χ0) is 9.84. The Balaban J connectivity index is 0.00000169. The van der Waals surface area contributed by atoms with Crippen molar-refractivity contribution in [2.75, 3.05) is 0 Å². The molecule has 74 valence electrons. The number of nitro groups is 1. The molecule has 14 heavy (non-hydrogen) atoms. The average Bonchev–Trinajstić information content (AvgIpc) is 2.16. The van der Waals surface area contributed by atoms with E-state index >= 15 is 0 Å². The Kier molecular flexibility index (Phi) is 5.24. The van der Waals surface area contributed by atoms with Crippen molar-refractivity contribution in [3.63, 3.8) is 0 Å². The number of aryl methyl sites for hydroxylation is 1. The van der Waals surface area contributed by atoms with E-state index in [-0.39, 0.29) is 32.3 Å². The van der Waals surface area contributed by atoms with E-state index in [0.717, 1.165) is 0 Å². The number of hydrogen-bond acceptors (Lipinski definition) is 3. The molecule has 4 nitrogen and oxygen atoms in total. The molecule has 0 spiro atoms. The van der Waals surface area contributed by atoms with Crippen molar-refractivity contribution in [2.24, 2.45) is 0 Å². The van der Waals surface area contributed by atoms with Crippen LogP contribution in [-0.2, 0) is 32.3 Å². The second-order valence-corrected chi connectivity index (χ2v) is 2.56. The smallest absolute Gasteiger partial charge is 0.220 e. The van der Waals surface area contributed by atoms with Crippen LogP contribution < -0.4 is 0 Å². The van der Waals surface area contributed by atoms with Gasteiger partial charge in [-0.25, -0.2) is 0 Å². The maximum absolute atomic E-state index is 10.5. The van der Waals surface area contributed by atoms with Crippen molar-refractivity contribution in [3.05, 3.63) is 39.4 Å². The van der Waals surface area contributed by atoms with E-state index in [1.54, 1.807) is 12.4 Å². The number of nitrogens with zero attached hydrogens (tertiary/aromatic N) is 1. The zero-order valence-electron chi connectivity index (χ0n) is 7.52. The van der Waals surface area contributed by atoms with E-state index in [2.05, 4.69) is 0 Å². The van der Waals surface area contributed by atoms with E-state index in [9.17, 15) is 14.9 Å². The molecule has 1 rings (SSSR count). The summed E-state index contributed by atoms with van der Waals surface area (Å²) < 4.78 is 0. The third kappa shape index (κ3) is 2.74. The minimum absolute atomic E-state index is 0. The molecule has 0 amide bonds. The molecule has 0 saturated carbocycles. The third-order valence-electron chi connectivity index (χ3n) is 1.78. The summed E-state index contributed by atoms with van der Waals surface area (Å²) in [5, 5.41) is 10.5. The van der Waals surface area contributed by atoms with Gasteiger partial charge in [0.15, 0.2) is 0 Å². The van der Waals surface area contributed by atoms with E-state index in [4.69, 9.17) is 0 Å². The van der Waals surface area contributed by atoms with Crippen molar-refractivity contribution in [2.45, 2.75) is 13.3 Å². The van der Waals surface area contributed by atoms with Gasteiger partial charge in [-0.15, -0.1) is 11.6 Å². The molecule has 0 atom stereocenters. The Bertz CT molecular complexity index is 352. The van der Waals surface area contributed by atoms with E-state index in [1.165, 1.54) is 12.1 Å². The van der Waals surface area contributed by atoms with Crippen LogP contribution in [0.5, 0.6) is 0 Å². The molecule has 0 unspecified atom stereocenters. The summed E-state index contributed by atoms with van der Waals surface area (Å²) in [6.07, 6.45) is 2.20. The Morgan fingerprint density at radius 2 is 2.14 bits per heavy atom. The first-order valence-electron chi connectivity index (χ1n) is 3.84. The Labute approximate surface area is 95.7 Å². The summed E-state index contributed by atoms with van der Waals surface area (Å²) in [6, 6.07) is 4.35. The largest absolute Gasteiger partial charge is 0.376 e. The molecule has 0 fully saturated rings. The Morgan fingerprint density at radius 1 is 1.50 bits per heavy atom. The van der Waals surface area contributed by atoms with Gasteiger partial charge >= 0.3 is 0 Å². The van der Waals surface area contributed by atoms with Gasteiger partial charge in [-0.2, -0.15) is 6.07 Å². The van der Waals surface area contributed by atoms with E-state index in [0.29, 0.717) is 12.0 Å². The molecule has 0 radical (unpaired) electrons. The molecule has 0 aliphatic rings. The van der Waals surface area contributed by atoms with Gasteiger partial charge in [-0.05, 0) is 6.42 Å². The second kappa shape index (κ2) is 5.65. The Morgan fingerprint density at radius 3 is 2.57 bits per heavy atom. The van der Waals surface area contributed by atoms with Gasteiger partial charge in [0.25, 0.3) is 0 Å². The number of hydrogen-bond donors (Lipinski definition) is 0. The molecule has 0 heterocycles. The summed E-state index contributed by atoms with van der Waals surface area (Å²) in [7, 11) is 0. The Hall–Kier alpha value is -1.02. The van der Waals surface area contributed by atoms with Crippen LogP contribution in [0.4, 0.5) is 5.69 Å². The van der Waals surface area contributed by atoms with Gasteiger partial charge < -0.3 is 4.79 Å². The van der Waals surface area contributed by atoms with Gasteiger partial charge in [0, 0.05) is 31.6 Å². The monoisotopic (exact) mass is 362 g/mol. The topological polar surface area (TPSA) is 60.2 Å². The molecule has 0 aliphatic carbocycles. The quantitative estimate of drug-likeness (QED) is 0.467. The van der Waals surface area contributed by atoms with Crippen LogP contribution in [0.1, 0.15) is 18.1 Å². The molecule has 1 aromatic carbocycles. The molecule has 0 aromatic heterocycles. The molecule has 1 aromatic rings. The van der Waals surface area contributed by atoms with Crippen LogP contribution in [0.3, 0.4) is 0 Å². The second-order valence-electron chi connectivity index (χ2n) is 2.56. The minimum atomic E-state index is -0.486. The molecule has 0 bridgehead atoms. The third-order valence-corrected chi connectivity index (χ3v) is 1.78. The van der Waals surface area contributed by atoms with Crippen LogP contribution in [0.2, 0.25) is 0 Å². The molecular formula is C9H8NO3W-. The molecule has 0 saturated heterocycles. The van der Waals surface area contributed by atoms with E-state index < -0.39 is 4.92 Å². The first-order chi connectivity index (χ1) is 6.19. The zero-order valence-corrected chi connectivity index (χ0v) is 10.5. The van der Waals surface area contributed by atoms with Gasteiger partial charge in [0.2, 0.25) is 5.69 Å². The fraction of sp³-hybridized carbons (Fsp3) is 0.222. The van der Waals surface area contributed by atoms with E-state index in [1.807, 2.05) is 6.92 Å². The van der Waals surface area contributed by atoms with Crippen molar-refractivity contribution in [3.8, 4) is 0 Å². The summed E-state index contributed by atoms with van der Waals surface area (Å²) in [4.78, 5) is 20.3. The molecular weight excluding hydrogens is 354 g/mol. The first-order valence-corrected chi connectivity index (χ1v) is 3.84. The predicted molar refractivity (Wildman–Crippen MR) is 47.3 cm³/mol. The normalized spacial score (nSPS) is 8.93. The summed E-state index contributed by atoms with van der Waals surface area (Å²) in [5.41, 5.74) is 0.830. The number of rotatable bonds is 3. The van der Waals surface area contributed by atoms with Gasteiger partial charge in [0.05, 0.1) is 6.29 Å². The van der Waals surface area contributed by atoms with Crippen molar-refractivity contribution < 1.29 is 30.8 Å². The molecule has 0 N–H and O–H groups in total. The number of nitro benzene ring substituents is 1. The average molecular weight is 362 g/mol. The van der Waals surface area contributed by atoms with Crippen LogP contribution in [-0.4, -0.2) is 11.2 Å². The number of benzene rings is 1. The maximum Gasteiger partial charge on any atom is 0.220 e. The van der Waals surface area contributed by atoms with Crippen molar-refractivity contribution in [1.82, 2.24) is 0 Å². The summed E-state index contributed by atoms with van der Waals surface area (Å²) in [5.74, 6) is 0. The van der Waals surface area contributed by atoms with Crippen molar-refractivity contribution >= 4 is 12.0 Å². The number of carbonyl (C=O) groups excluding carboxylic acids is 1. The van der Waals surface area contributed by atoms with Crippen LogP contribution in [0.15, 0.2) is 18.2 Å². The molecule has 0 aliphatic heterocycles.